The van der Waals surface area contributed by atoms with Gasteiger partial charge < -0.3 is 11.1 Å². The molecule has 0 saturated carbocycles. The van der Waals surface area contributed by atoms with Crippen LogP contribution in [0.15, 0.2) is 24.3 Å². The molecule has 0 bridgehead atoms. The van der Waals surface area contributed by atoms with Crippen LogP contribution in [-0.4, -0.2) is 12.5 Å². The van der Waals surface area contributed by atoms with Crippen molar-refractivity contribution in [3.05, 3.63) is 34.9 Å². The molecule has 5 heteroatoms. The van der Waals surface area contributed by atoms with E-state index in [9.17, 15) is 4.79 Å². The van der Waals surface area contributed by atoms with Crippen molar-refractivity contribution in [1.82, 2.24) is 5.32 Å². The minimum Gasteiger partial charge on any atom is -0.352 e. The van der Waals surface area contributed by atoms with Crippen molar-refractivity contribution in [2.75, 3.05) is 6.54 Å². The first-order valence-electron chi connectivity index (χ1n) is 6.43. The molecule has 0 fully saturated rings. The van der Waals surface area contributed by atoms with Crippen LogP contribution in [0.5, 0.6) is 0 Å². The maximum absolute atomic E-state index is 11.6. The molecule has 1 aromatic rings. The number of rotatable bonds is 8. The highest BCUT2D eigenvalue weighted by Crippen LogP contribution is 2.09. The third kappa shape index (κ3) is 8.87. The van der Waals surface area contributed by atoms with E-state index in [4.69, 9.17) is 17.3 Å². The first-order chi connectivity index (χ1) is 8.72. The normalized spacial score (nSPS) is 9.79. The van der Waals surface area contributed by atoms with Crippen molar-refractivity contribution < 1.29 is 4.79 Å². The van der Waals surface area contributed by atoms with Gasteiger partial charge in [-0.05, 0) is 37.1 Å². The van der Waals surface area contributed by atoms with Gasteiger partial charge in [0, 0.05) is 18.0 Å². The van der Waals surface area contributed by atoms with Crippen LogP contribution >= 0.6 is 24.0 Å². The van der Waals surface area contributed by atoms with Crippen LogP contribution in [0.3, 0.4) is 0 Å². The van der Waals surface area contributed by atoms with Gasteiger partial charge in [-0.2, -0.15) is 0 Å². The van der Waals surface area contributed by atoms with Gasteiger partial charge in [0.1, 0.15) is 0 Å². The molecule has 108 valence electrons. The van der Waals surface area contributed by atoms with E-state index in [2.05, 4.69) is 5.32 Å². The molecule has 1 aromatic carbocycles. The van der Waals surface area contributed by atoms with Gasteiger partial charge >= 0.3 is 0 Å². The Morgan fingerprint density at radius 2 is 1.74 bits per heavy atom. The molecule has 0 aliphatic rings. The van der Waals surface area contributed by atoms with Gasteiger partial charge in [-0.15, -0.1) is 12.4 Å². The van der Waals surface area contributed by atoms with Crippen LogP contribution in [0.4, 0.5) is 0 Å². The van der Waals surface area contributed by atoms with E-state index in [0.717, 1.165) is 37.8 Å². The predicted molar refractivity (Wildman–Crippen MR) is 82.7 cm³/mol. The van der Waals surface area contributed by atoms with E-state index >= 15 is 0 Å². The fourth-order valence-electron chi connectivity index (χ4n) is 1.67. The number of carbonyl (C=O) groups is 1. The summed E-state index contributed by atoms with van der Waals surface area (Å²) in [7, 11) is 0. The fraction of sp³-hybridized carbons (Fsp3) is 0.500. The molecule has 0 aliphatic carbocycles. The maximum Gasteiger partial charge on any atom is 0.220 e. The van der Waals surface area contributed by atoms with Crippen LogP contribution in [-0.2, 0) is 11.3 Å². The summed E-state index contributed by atoms with van der Waals surface area (Å²) in [6, 6.07) is 7.50. The molecular formula is C14H22Cl2N2O. The molecule has 0 spiro atoms. The first-order valence-corrected chi connectivity index (χ1v) is 6.81. The number of hydrogen-bond donors (Lipinski definition) is 2. The monoisotopic (exact) mass is 304 g/mol. The Balaban J connectivity index is 0.00000324. The number of benzene rings is 1. The molecule has 0 heterocycles. The summed E-state index contributed by atoms with van der Waals surface area (Å²) in [6.45, 7) is 1.31. The van der Waals surface area contributed by atoms with E-state index in [1.165, 1.54) is 0 Å². The highest BCUT2D eigenvalue weighted by molar-refractivity contribution is 6.30. The number of carbonyl (C=O) groups excluding carboxylic acids is 1. The Labute approximate surface area is 126 Å². The van der Waals surface area contributed by atoms with Crippen molar-refractivity contribution in [2.24, 2.45) is 5.73 Å². The van der Waals surface area contributed by atoms with Gasteiger partial charge in [0.05, 0.1) is 0 Å². The van der Waals surface area contributed by atoms with Crippen molar-refractivity contribution in [2.45, 2.75) is 38.6 Å². The standard InChI is InChI=1S/C14H21ClN2O.ClH/c15-13-8-6-12(7-9-13)11-17-14(18)5-3-1-2-4-10-16;/h6-9H,1-5,10-11,16H2,(H,17,18);1H. The molecule has 0 aromatic heterocycles. The summed E-state index contributed by atoms with van der Waals surface area (Å²) in [5.41, 5.74) is 6.47. The second-order valence-electron chi connectivity index (χ2n) is 4.36. The van der Waals surface area contributed by atoms with E-state index in [1.54, 1.807) is 0 Å². The summed E-state index contributed by atoms with van der Waals surface area (Å²) in [6.07, 6.45) is 4.77. The summed E-state index contributed by atoms with van der Waals surface area (Å²) in [5, 5.41) is 3.62. The topological polar surface area (TPSA) is 55.1 Å². The summed E-state index contributed by atoms with van der Waals surface area (Å²) in [5.74, 6) is 0.109. The molecule has 1 amide bonds. The average Bonchev–Trinajstić information content (AvgIpc) is 2.38. The third-order valence-corrected chi connectivity index (χ3v) is 3.01. The maximum atomic E-state index is 11.6. The lowest BCUT2D eigenvalue weighted by atomic mass is 10.1. The largest absolute Gasteiger partial charge is 0.352 e. The fourth-order valence-corrected chi connectivity index (χ4v) is 1.80. The first kappa shape index (κ1) is 18.2. The number of nitrogens with one attached hydrogen (secondary N) is 1. The summed E-state index contributed by atoms with van der Waals surface area (Å²) < 4.78 is 0. The Morgan fingerprint density at radius 1 is 1.11 bits per heavy atom. The van der Waals surface area contributed by atoms with E-state index in [-0.39, 0.29) is 18.3 Å². The van der Waals surface area contributed by atoms with Gasteiger partial charge in [0.25, 0.3) is 0 Å². The van der Waals surface area contributed by atoms with Gasteiger partial charge in [0.15, 0.2) is 0 Å². The highest BCUT2D eigenvalue weighted by Gasteiger charge is 2.01. The smallest absolute Gasteiger partial charge is 0.220 e. The molecular weight excluding hydrogens is 283 g/mol. The lowest BCUT2D eigenvalue weighted by molar-refractivity contribution is -0.121. The highest BCUT2D eigenvalue weighted by atomic mass is 35.5. The molecule has 1 rings (SSSR count). The molecule has 0 atom stereocenters. The summed E-state index contributed by atoms with van der Waals surface area (Å²) >= 11 is 5.79. The number of nitrogens with two attached hydrogens (primary N) is 1. The zero-order chi connectivity index (χ0) is 13.2. The van der Waals surface area contributed by atoms with Crippen LogP contribution < -0.4 is 11.1 Å². The van der Waals surface area contributed by atoms with Crippen LogP contribution in [0.1, 0.15) is 37.7 Å². The van der Waals surface area contributed by atoms with E-state index in [1.807, 2.05) is 24.3 Å². The molecule has 3 N–H and O–H groups in total. The molecule has 19 heavy (non-hydrogen) atoms. The Morgan fingerprint density at radius 3 is 2.37 bits per heavy atom. The number of halogens is 2. The zero-order valence-corrected chi connectivity index (χ0v) is 12.6. The Kier molecular flexibility index (Phi) is 10.6. The van der Waals surface area contributed by atoms with Crippen molar-refractivity contribution in [3.8, 4) is 0 Å². The molecule has 3 nitrogen and oxygen atoms in total. The van der Waals surface area contributed by atoms with Crippen LogP contribution in [0.25, 0.3) is 0 Å². The minimum absolute atomic E-state index is 0. The van der Waals surface area contributed by atoms with Crippen molar-refractivity contribution >= 4 is 29.9 Å². The zero-order valence-electron chi connectivity index (χ0n) is 11.0. The summed E-state index contributed by atoms with van der Waals surface area (Å²) in [4.78, 5) is 11.6. The van der Waals surface area contributed by atoms with Gasteiger partial charge in [-0.3, -0.25) is 4.79 Å². The predicted octanol–water partition coefficient (Wildman–Crippen LogP) is 3.29. The van der Waals surface area contributed by atoms with Gasteiger partial charge in [0.2, 0.25) is 5.91 Å². The molecule has 0 aliphatic heterocycles. The van der Waals surface area contributed by atoms with Gasteiger partial charge in [-0.25, -0.2) is 0 Å². The Hall–Kier alpha value is -0.770. The van der Waals surface area contributed by atoms with Crippen molar-refractivity contribution in [1.29, 1.82) is 0 Å². The van der Waals surface area contributed by atoms with Crippen molar-refractivity contribution in [3.63, 3.8) is 0 Å². The minimum atomic E-state index is 0. The lowest BCUT2D eigenvalue weighted by Crippen LogP contribution is -2.22. The Bertz CT molecular complexity index is 355. The molecule has 0 radical (unpaired) electrons. The third-order valence-electron chi connectivity index (χ3n) is 2.76. The van der Waals surface area contributed by atoms with Gasteiger partial charge in [-0.1, -0.05) is 36.6 Å². The van der Waals surface area contributed by atoms with E-state index < -0.39 is 0 Å². The number of amides is 1. The second-order valence-corrected chi connectivity index (χ2v) is 4.79. The van der Waals surface area contributed by atoms with E-state index in [0.29, 0.717) is 18.0 Å². The molecule has 0 unspecified atom stereocenters. The SMILES string of the molecule is Cl.NCCCCCCC(=O)NCc1ccc(Cl)cc1. The number of unbranched alkanes of at least 4 members (excludes halogenated alkanes) is 3. The van der Waals surface area contributed by atoms with Crippen LogP contribution in [0, 0.1) is 0 Å². The number of hydrogen-bond acceptors (Lipinski definition) is 2. The quantitative estimate of drug-likeness (QED) is 0.724. The molecule has 0 saturated heterocycles. The average molecular weight is 305 g/mol. The lowest BCUT2D eigenvalue weighted by Gasteiger charge is -2.05. The second kappa shape index (κ2) is 11.1. The van der Waals surface area contributed by atoms with Crippen LogP contribution in [0.2, 0.25) is 5.02 Å².